The molecule has 0 radical (unpaired) electrons. The highest BCUT2D eigenvalue weighted by Gasteiger charge is 2.47. The average molecular weight is 609 g/mol. The molecule has 0 aliphatic carbocycles. The molecule has 5 N–H and O–H groups in total. The number of pyridine rings is 1. The van der Waals surface area contributed by atoms with Crippen LogP contribution in [0.1, 0.15) is 35.8 Å². The summed E-state index contributed by atoms with van der Waals surface area (Å²) in [5, 5.41) is 31.0. The maximum atomic E-state index is 12.5. The smallest absolute Gasteiger partial charge is 0.252 e. The Morgan fingerprint density at radius 1 is 0.933 bits per heavy atom. The van der Waals surface area contributed by atoms with Crippen LogP contribution in [0.15, 0.2) is 91.5 Å². The number of aliphatic hydroxyl groups is 2. The third-order valence-corrected chi connectivity index (χ3v) is 7.87. The van der Waals surface area contributed by atoms with Crippen LogP contribution in [0.25, 0.3) is 11.2 Å². The van der Waals surface area contributed by atoms with Crippen LogP contribution < -0.4 is 16.0 Å². The molecule has 2 aromatic carbocycles. The van der Waals surface area contributed by atoms with Crippen molar-refractivity contribution in [2.45, 2.75) is 43.8 Å². The lowest BCUT2D eigenvalue weighted by atomic mass is 9.91. The Bertz CT molecular complexity index is 1660. The number of likely N-dealkylation sites (N-methyl/N-ethyl adjacent to an activating group) is 1. The second-order valence-corrected chi connectivity index (χ2v) is 10.8. The Morgan fingerprint density at radius 3 is 2.29 bits per heavy atom. The highest BCUT2D eigenvalue weighted by Crippen LogP contribution is 2.34. The second kappa shape index (κ2) is 13.8. The molecule has 45 heavy (non-hydrogen) atoms. The zero-order valence-corrected chi connectivity index (χ0v) is 24.8. The number of imidazole rings is 1. The average Bonchev–Trinajstić information content (AvgIpc) is 3.63. The van der Waals surface area contributed by atoms with E-state index in [9.17, 15) is 15.0 Å². The van der Waals surface area contributed by atoms with Crippen LogP contribution >= 0.6 is 0 Å². The molecule has 1 saturated heterocycles. The first kappa shape index (κ1) is 30.1. The number of carbonyl (C=O) groups is 1. The minimum atomic E-state index is -1.42. The maximum Gasteiger partial charge on any atom is 0.252 e. The van der Waals surface area contributed by atoms with Gasteiger partial charge in [-0.3, -0.25) is 14.3 Å². The third-order valence-electron chi connectivity index (χ3n) is 7.87. The van der Waals surface area contributed by atoms with Crippen molar-refractivity contribution < 1.29 is 19.7 Å². The predicted molar refractivity (Wildman–Crippen MR) is 170 cm³/mol. The number of aliphatic hydroxyl groups excluding tert-OH is 2. The normalized spacial score (nSPS) is 19.6. The molecule has 1 amide bonds. The van der Waals surface area contributed by atoms with E-state index in [0.717, 1.165) is 23.1 Å². The molecule has 12 heteroatoms. The molecule has 5 aromatic rings. The van der Waals surface area contributed by atoms with E-state index in [2.05, 4.69) is 50.2 Å². The van der Waals surface area contributed by atoms with Gasteiger partial charge in [-0.05, 0) is 42.2 Å². The fourth-order valence-corrected chi connectivity index (χ4v) is 5.55. The minimum absolute atomic E-state index is 0.0237. The van der Waals surface area contributed by atoms with Gasteiger partial charge in [-0.1, -0.05) is 60.7 Å². The number of hydrogen-bond acceptors (Lipinski definition) is 10. The summed E-state index contributed by atoms with van der Waals surface area (Å²) in [6.07, 6.45) is 0.578. The van der Waals surface area contributed by atoms with E-state index >= 15 is 0 Å². The fraction of sp³-hybridized carbons (Fsp3) is 0.303. The molecule has 0 spiro atoms. The van der Waals surface area contributed by atoms with E-state index in [4.69, 9.17) is 14.7 Å². The van der Waals surface area contributed by atoms with Crippen LogP contribution in [0, 0.1) is 0 Å². The van der Waals surface area contributed by atoms with Gasteiger partial charge in [0.05, 0.1) is 6.33 Å². The van der Waals surface area contributed by atoms with E-state index in [1.807, 2.05) is 48.5 Å². The quantitative estimate of drug-likeness (QED) is 0.143. The summed E-state index contributed by atoms with van der Waals surface area (Å²) in [6, 6.07) is 24.4. The number of benzene rings is 2. The summed E-state index contributed by atoms with van der Waals surface area (Å²) in [4.78, 5) is 30.7. The lowest BCUT2D eigenvalue weighted by Crippen LogP contribution is -2.42. The van der Waals surface area contributed by atoms with E-state index in [0.29, 0.717) is 42.6 Å². The van der Waals surface area contributed by atoms with Crippen molar-refractivity contribution in [2.24, 2.45) is 0 Å². The number of fused-ring (bicyclic) bond motifs is 1. The summed E-state index contributed by atoms with van der Waals surface area (Å²) in [6.45, 7) is 3.21. The van der Waals surface area contributed by atoms with Crippen LogP contribution in [0.3, 0.4) is 0 Å². The van der Waals surface area contributed by atoms with Crippen LogP contribution in [0.5, 0.6) is 0 Å². The molecule has 4 heterocycles. The predicted octanol–water partition coefficient (Wildman–Crippen LogP) is 2.88. The number of carbonyl (C=O) groups excluding carboxylic acids is 1. The van der Waals surface area contributed by atoms with Crippen LogP contribution in [0.4, 0.5) is 11.8 Å². The standard InChI is InChI=1S/C33H36N8O4/c1-2-35-31(44)28-26(42)27(43)32(45-28)41-20-38-25-29(39-33(40-30(25)41)36-18-15-21-13-16-34-17-14-21)37-19-24(22-9-5-3-6-10-22)23-11-7-4-8-12-23/h3-14,16-17,20,24,26-28,32,42-43H,2,15,18-19H2,1H3,(H,35,44)(H2,36,37,39,40)/t26-,27+,28-,32+/m0/s1. The number of rotatable bonds is 12. The zero-order chi connectivity index (χ0) is 31.2. The van der Waals surface area contributed by atoms with Crippen molar-refractivity contribution in [3.63, 3.8) is 0 Å². The molecule has 6 rings (SSSR count). The SMILES string of the molecule is CCNC(=O)[C@H]1O[C@@H](n2cnc3c(NCC(c4ccccc4)c4ccccc4)nc(NCCc4ccncc4)nc32)[C@H](O)[C@@H]1O. The number of nitrogens with zero attached hydrogens (tertiary/aromatic N) is 5. The van der Waals surface area contributed by atoms with Gasteiger partial charge in [-0.25, -0.2) is 4.98 Å². The Balaban J connectivity index is 1.32. The van der Waals surface area contributed by atoms with Gasteiger partial charge in [0.2, 0.25) is 5.95 Å². The van der Waals surface area contributed by atoms with Gasteiger partial charge >= 0.3 is 0 Å². The van der Waals surface area contributed by atoms with E-state index in [1.165, 1.54) is 10.9 Å². The topological polar surface area (TPSA) is 159 Å². The monoisotopic (exact) mass is 608 g/mol. The van der Waals surface area contributed by atoms with Gasteiger partial charge in [0.1, 0.15) is 12.2 Å². The molecule has 1 aliphatic heterocycles. The highest BCUT2D eigenvalue weighted by molar-refractivity contribution is 5.85. The maximum absolute atomic E-state index is 12.5. The summed E-state index contributed by atoms with van der Waals surface area (Å²) >= 11 is 0. The Kier molecular flexibility index (Phi) is 9.24. The number of amides is 1. The molecule has 12 nitrogen and oxygen atoms in total. The largest absolute Gasteiger partial charge is 0.387 e. The number of aromatic nitrogens is 5. The molecule has 0 bridgehead atoms. The van der Waals surface area contributed by atoms with Crippen molar-refractivity contribution in [1.82, 2.24) is 29.8 Å². The third kappa shape index (κ3) is 6.63. The Hall–Kier alpha value is -4.91. The molecule has 0 unspecified atom stereocenters. The number of anilines is 2. The summed E-state index contributed by atoms with van der Waals surface area (Å²) < 4.78 is 7.43. The first-order valence-corrected chi connectivity index (χ1v) is 15.0. The lowest BCUT2D eigenvalue weighted by Gasteiger charge is -2.20. The molecule has 0 saturated carbocycles. The van der Waals surface area contributed by atoms with Crippen molar-refractivity contribution in [2.75, 3.05) is 30.3 Å². The molecule has 1 aliphatic rings. The molecule has 232 valence electrons. The van der Waals surface area contributed by atoms with Crippen LogP contribution in [0.2, 0.25) is 0 Å². The first-order valence-electron chi connectivity index (χ1n) is 15.0. The molecular formula is C33H36N8O4. The Labute approximate surface area is 260 Å². The van der Waals surface area contributed by atoms with E-state index < -0.39 is 30.4 Å². The second-order valence-electron chi connectivity index (χ2n) is 10.8. The minimum Gasteiger partial charge on any atom is -0.387 e. The van der Waals surface area contributed by atoms with Crippen molar-refractivity contribution >= 4 is 28.8 Å². The summed E-state index contributed by atoms with van der Waals surface area (Å²) in [7, 11) is 0. The number of ether oxygens (including phenoxy) is 1. The van der Waals surface area contributed by atoms with Gasteiger partial charge < -0.3 is 30.9 Å². The first-order chi connectivity index (χ1) is 22.0. The fourth-order valence-electron chi connectivity index (χ4n) is 5.55. The van der Waals surface area contributed by atoms with Gasteiger partial charge in [-0.2, -0.15) is 9.97 Å². The Morgan fingerprint density at radius 2 is 1.62 bits per heavy atom. The zero-order valence-electron chi connectivity index (χ0n) is 24.8. The number of nitrogens with one attached hydrogen (secondary N) is 3. The van der Waals surface area contributed by atoms with Crippen molar-refractivity contribution in [3.05, 3.63) is 108 Å². The lowest BCUT2D eigenvalue weighted by molar-refractivity contribution is -0.137. The molecule has 4 atom stereocenters. The van der Waals surface area contributed by atoms with Gasteiger partial charge in [0.25, 0.3) is 5.91 Å². The van der Waals surface area contributed by atoms with Gasteiger partial charge in [0.15, 0.2) is 29.3 Å². The highest BCUT2D eigenvalue weighted by atomic mass is 16.6. The molecule has 3 aromatic heterocycles. The molecule has 1 fully saturated rings. The van der Waals surface area contributed by atoms with Gasteiger partial charge in [-0.15, -0.1) is 0 Å². The van der Waals surface area contributed by atoms with Gasteiger partial charge in [0, 0.05) is 37.9 Å². The van der Waals surface area contributed by atoms with Crippen LogP contribution in [-0.2, 0) is 16.0 Å². The summed E-state index contributed by atoms with van der Waals surface area (Å²) in [5.74, 6) is 0.371. The van der Waals surface area contributed by atoms with Crippen molar-refractivity contribution in [3.8, 4) is 0 Å². The van der Waals surface area contributed by atoms with E-state index in [1.54, 1.807) is 19.3 Å². The van der Waals surface area contributed by atoms with Crippen molar-refractivity contribution in [1.29, 1.82) is 0 Å². The number of hydrogen-bond donors (Lipinski definition) is 5. The summed E-state index contributed by atoms with van der Waals surface area (Å²) in [5.41, 5.74) is 4.25. The molecular weight excluding hydrogens is 572 g/mol. The van der Waals surface area contributed by atoms with E-state index in [-0.39, 0.29) is 5.92 Å². The van der Waals surface area contributed by atoms with Crippen LogP contribution in [-0.4, -0.2) is 78.6 Å².